The van der Waals surface area contributed by atoms with Crippen molar-refractivity contribution in [2.45, 2.75) is 12.1 Å². The average Bonchev–Trinajstić information content (AvgIpc) is 2.49. The Morgan fingerprint density at radius 1 is 1.05 bits per heavy atom. The van der Waals surface area contributed by atoms with Crippen LogP contribution in [-0.4, -0.2) is 12.7 Å². The molecule has 3 nitrogen and oxygen atoms in total. The molecule has 2 atom stereocenters. The number of para-hydroxylation sites is 2. The number of hydrogen-bond acceptors (Lipinski definition) is 3. The quantitative estimate of drug-likeness (QED) is 0.918. The van der Waals surface area contributed by atoms with Crippen molar-refractivity contribution >= 4 is 0 Å². The molecule has 2 aromatic rings. The number of rotatable bonds is 2. The van der Waals surface area contributed by atoms with Crippen LogP contribution in [0.5, 0.6) is 11.5 Å². The summed E-state index contributed by atoms with van der Waals surface area (Å²) in [5.41, 5.74) is 6.07. The van der Waals surface area contributed by atoms with E-state index >= 15 is 0 Å². The Labute approximate surface area is 114 Å². The van der Waals surface area contributed by atoms with Crippen LogP contribution in [-0.2, 0) is 0 Å². The lowest BCUT2D eigenvalue weighted by atomic mass is 10.0. The summed E-state index contributed by atoms with van der Waals surface area (Å²) in [6.07, 6.45) is -0.568. The number of hydrogen-bond donors (Lipinski definition) is 1. The molecule has 5 heteroatoms. The number of fused-ring (bicyclic) bond motifs is 1. The maximum atomic E-state index is 13.8. The summed E-state index contributed by atoms with van der Waals surface area (Å²) in [5, 5.41) is 0. The molecule has 1 heterocycles. The van der Waals surface area contributed by atoms with Crippen LogP contribution >= 0.6 is 0 Å². The molecule has 0 aromatic heterocycles. The van der Waals surface area contributed by atoms with E-state index in [2.05, 4.69) is 0 Å². The van der Waals surface area contributed by atoms with E-state index in [1.54, 1.807) is 18.2 Å². The van der Waals surface area contributed by atoms with Crippen LogP contribution < -0.4 is 15.2 Å². The first-order valence-electron chi connectivity index (χ1n) is 6.25. The third-order valence-electron chi connectivity index (χ3n) is 3.27. The average molecular weight is 277 g/mol. The lowest BCUT2D eigenvalue weighted by molar-refractivity contribution is 0.0711. The monoisotopic (exact) mass is 277 g/mol. The highest BCUT2D eigenvalue weighted by Gasteiger charge is 2.29. The molecule has 0 amide bonds. The van der Waals surface area contributed by atoms with Gasteiger partial charge in [0, 0.05) is 5.56 Å². The van der Waals surface area contributed by atoms with Crippen molar-refractivity contribution in [3.05, 3.63) is 59.7 Å². The second kappa shape index (κ2) is 5.09. The normalized spacial score (nSPS) is 18.6. The van der Waals surface area contributed by atoms with Gasteiger partial charge in [0.25, 0.3) is 0 Å². The molecule has 2 aromatic carbocycles. The van der Waals surface area contributed by atoms with Crippen LogP contribution in [0.1, 0.15) is 11.6 Å². The maximum absolute atomic E-state index is 13.8. The molecule has 0 saturated heterocycles. The topological polar surface area (TPSA) is 44.5 Å². The Morgan fingerprint density at radius 2 is 1.80 bits per heavy atom. The molecular formula is C15H13F2NO2. The highest BCUT2D eigenvalue weighted by Crippen LogP contribution is 2.34. The van der Waals surface area contributed by atoms with Gasteiger partial charge in [-0.1, -0.05) is 24.3 Å². The summed E-state index contributed by atoms with van der Waals surface area (Å²) in [6, 6.07) is 10.3. The molecule has 1 aliphatic rings. The Kier molecular flexibility index (Phi) is 3.28. The summed E-state index contributed by atoms with van der Waals surface area (Å²) < 4.78 is 38.2. The lowest BCUT2D eigenvalue weighted by Gasteiger charge is -2.30. The predicted molar refractivity (Wildman–Crippen MR) is 69.6 cm³/mol. The van der Waals surface area contributed by atoms with E-state index in [9.17, 15) is 8.78 Å². The lowest BCUT2D eigenvalue weighted by Crippen LogP contribution is -2.39. The molecule has 3 rings (SSSR count). The number of halogens is 2. The maximum Gasteiger partial charge on any atom is 0.163 e. The first-order chi connectivity index (χ1) is 9.66. The van der Waals surface area contributed by atoms with Gasteiger partial charge in [-0.15, -0.1) is 0 Å². The zero-order valence-corrected chi connectivity index (χ0v) is 10.6. The third kappa shape index (κ3) is 2.20. The highest BCUT2D eigenvalue weighted by atomic mass is 19.2. The smallest absolute Gasteiger partial charge is 0.163 e. The van der Waals surface area contributed by atoms with Gasteiger partial charge in [-0.2, -0.15) is 0 Å². The van der Waals surface area contributed by atoms with Gasteiger partial charge in [0.05, 0.1) is 6.04 Å². The van der Waals surface area contributed by atoms with Gasteiger partial charge in [-0.3, -0.25) is 0 Å². The van der Waals surface area contributed by atoms with Gasteiger partial charge < -0.3 is 15.2 Å². The molecule has 2 N–H and O–H groups in total. The van der Waals surface area contributed by atoms with Crippen LogP contribution in [0.4, 0.5) is 8.78 Å². The van der Waals surface area contributed by atoms with E-state index in [0.29, 0.717) is 11.5 Å². The Hall–Kier alpha value is -2.14. The van der Waals surface area contributed by atoms with Gasteiger partial charge >= 0.3 is 0 Å². The van der Waals surface area contributed by atoms with E-state index in [1.165, 1.54) is 12.1 Å². The van der Waals surface area contributed by atoms with Gasteiger partial charge in [0.2, 0.25) is 0 Å². The summed E-state index contributed by atoms with van der Waals surface area (Å²) in [4.78, 5) is 0. The highest BCUT2D eigenvalue weighted by molar-refractivity contribution is 5.41. The van der Waals surface area contributed by atoms with Crippen molar-refractivity contribution in [2.24, 2.45) is 5.73 Å². The minimum Gasteiger partial charge on any atom is -0.486 e. The molecule has 0 bridgehead atoms. The molecule has 2 unspecified atom stereocenters. The molecule has 0 radical (unpaired) electrons. The molecule has 0 aliphatic carbocycles. The van der Waals surface area contributed by atoms with Crippen LogP contribution in [0.25, 0.3) is 0 Å². The Bertz CT molecular complexity index is 633. The minimum atomic E-state index is -0.942. The summed E-state index contributed by atoms with van der Waals surface area (Å²) >= 11 is 0. The van der Waals surface area contributed by atoms with E-state index < -0.39 is 23.8 Å². The van der Waals surface area contributed by atoms with Gasteiger partial charge in [-0.05, 0) is 18.2 Å². The van der Waals surface area contributed by atoms with Crippen molar-refractivity contribution in [1.29, 1.82) is 0 Å². The molecular weight excluding hydrogens is 264 g/mol. The van der Waals surface area contributed by atoms with Crippen LogP contribution in [0.3, 0.4) is 0 Å². The molecule has 0 saturated carbocycles. The zero-order chi connectivity index (χ0) is 14.1. The molecule has 0 fully saturated rings. The van der Waals surface area contributed by atoms with Gasteiger partial charge in [0.1, 0.15) is 6.61 Å². The molecule has 1 aliphatic heterocycles. The summed E-state index contributed by atoms with van der Waals surface area (Å²) in [7, 11) is 0. The number of ether oxygens (including phenoxy) is 2. The second-order valence-electron chi connectivity index (χ2n) is 4.58. The fraction of sp³-hybridized carbons (Fsp3) is 0.200. The van der Waals surface area contributed by atoms with E-state index in [0.717, 1.165) is 6.07 Å². The van der Waals surface area contributed by atoms with Crippen molar-refractivity contribution in [3.63, 3.8) is 0 Å². The summed E-state index contributed by atoms with van der Waals surface area (Å²) in [6.45, 7) is 0.189. The molecule has 20 heavy (non-hydrogen) atoms. The fourth-order valence-electron chi connectivity index (χ4n) is 2.19. The zero-order valence-electron chi connectivity index (χ0n) is 10.6. The van der Waals surface area contributed by atoms with Crippen LogP contribution in [0.2, 0.25) is 0 Å². The van der Waals surface area contributed by atoms with Crippen molar-refractivity contribution in [3.8, 4) is 11.5 Å². The van der Waals surface area contributed by atoms with Crippen LogP contribution in [0.15, 0.2) is 42.5 Å². The standard InChI is InChI=1S/C15H13F2NO2/c16-10-5-3-4-9(14(10)17)15(18)13-8-19-11-6-1-2-7-12(11)20-13/h1-7,13,15H,8,18H2. The fourth-order valence-corrected chi connectivity index (χ4v) is 2.19. The van der Waals surface area contributed by atoms with Crippen LogP contribution in [0, 0.1) is 11.6 Å². The SMILES string of the molecule is NC(c1cccc(F)c1F)C1COc2ccccc2O1. The largest absolute Gasteiger partial charge is 0.486 e. The Balaban J connectivity index is 1.86. The molecule has 0 spiro atoms. The van der Waals surface area contributed by atoms with Gasteiger partial charge in [-0.25, -0.2) is 8.78 Å². The van der Waals surface area contributed by atoms with Crippen molar-refractivity contribution in [2.75, 3.05) is 6.61 Å². The van der Waals surface area contributed by atoms with Crippen molar-refractivity contribution < 1.29 is 18.3 Å². The van der Waals surface area contributed by atoms with E-state index in [1.807, 2.05) is 6.07 Å². The van der Waals surface area contributed by atoms with Crippen molar-refractivity contribution in [1.82, 2.24) is 0 Å². The number of nitrogens with two attached hydrogens (primary N) is 1. The van der Waals surface area contributed by atoms with E-state index in [-0.39, 0.29) is 12.2 Å². The second-order valence-corrected chi connectivity index (χ2v) is 4.58. The summed E-state index contributed by atoms with van der Waals surface area (Å²) in [5.74, 6) is -0.691. The Morgan fingerprint density at radius 3 is 2.60 bits per heavy atom. The van der Waals surface area contributed by atoms with E-state index in [4.69, 9.17) is 15.2 Å². The number of benzene rings is 2. The third-order valence-corrected chi connectivity index (χ3v) is 3.27. The first-order valence-corrected chi connectivity index (χ1v) is 6.25. The molecule has 104 valence electrons. The minimum absolute atomic E-state index is 0.0815. The predicted octanol–water partition coefficient (Wildman–Crippen LogP) is 2.80. The van der Waals surface area contributed by atoms with Gasteiger partial charge in [0.15, 0.2) is 29.2 Å². The first kappa shape index (κ1) is 12.9.